The Balaban J connectivity index is 2.49. The number of amides is 1. The largest absolute Gasteiger partial charge is 0.337 e. The molecule has 0 saturated heterocycles. The predicted octanol–water partition coefficient (Wildman–Crippen LogP) is 3.22. The van der Waals surface area contributed by atoms with Gasteiger partial charge in [-0.3, -0.25) is 4.79 Å². The summed E-state index contributed by atoms with van der Waals surface area (Å²) in [4.78, 5) is 30.2. The average Bonchev–Trinajstić information content (AvgIpc) is 2.40. The second-order valence-electron chi connectivity index (χ2n) is 8.07. The molecule has 2 rings (SSSR count). The average molecular weight is 300 g/mol. The molecule has 22 heavy (non-hydrogen) atoms. The van der Waals surface area contributed by atoms with Crippen molar-refractivity contribution in [1.82, 2.24) is 4.90 Å². The van der Waals surface area contributed by atoms with E-state index in [0.29, 0.717) is 13.1 Å². The highest BCUT2D eigenvalue weighted by molar-refractivity contribution is 6.04. The first kappa shape index (κ1) is 16.5. The van der Waals surface area contributed by atoms with Gasteiger partial charge in [0.25, 0.3) is 0 Å². The minimum absolute atomic E-state index is 0.0940. The van der Waals surface area contributed by atoms with E-state index in [9.17, 15) is 9.59 Å². The number of fused-ring (bicyclic) bond motifs is 1. The Morgan fingerprint density at radius 2 is 1.91 bits per heavy atom. The molecule has 0 unspecified atom stereocenters. The summed E-state index contributed by atoms with van der Waals surface area (Å²) in [6.07, 6.45) is 3.75. The van der Waals surface area contributed by atoms with E-state index in [0.717, 1.165) is 5.57 Å². The van der Waals surface area contributed by atoms with Gasteiger partial charge >= 0.3 is 0 Å². The predicted molar refractivity (Wildman–Crippen MR) is 85.7 cm³/mol. The van der Waals surface area contributed by atoms with Gasteiger partial charge in [-0.2, -0.15) is 0 Å². The Bertz CT molecular complexity index is 641. The van der Waals surface area contributed by atoms with E-state index in [1.165, 1.54) is 0 Å². The maximum atomic E-state index is 12.6. The number of allylic oxidation sites excluding steroid dienone is 1. The van der Waals surface area contributed by atoms with Crippen molar-refractivity contribution in [3.8, 4) is 0 Å². The smallest absolute Gasteiger partial charge is 0.228 e. The fourth-order valence-electron chi connectivity index (χ4n) is 3.60. The molecule has 0 bridgehead atoms. The first-order valence-corrected chi connectivity index (χ1v) is 7.59. The fourth-order valence-corrected chi connectivity index (χ4v) is 3.60. The van der Waals surface area contributed by atoms with Crippen LogP contribution in [-0.4, -0.2) is 29.7 Å². The highest BCUT2D eigenvalue weighted by Crippen LogP contribution is 2.50. The Kier molecular flexibility index (Phi) is 3.60. The van der Waals surface area contributed by atoms with Crippen LogP contribution in [-0.2, 0) is 9.59 Å². The van der Waals surface area contributed by atoms with Crippen LogP contribution in [0.15, 0.2) is 23.4 Å². The van der Waals surface area contributed by atoms with E-state index >= 15 is 0 Å². The van der Waals surface area contributed by atoms with Gasteiger partial charge < -0.3 is 9.69 Å². The van der Waals surface area contributed by atoms with Crippen LogP contribution in [0.3, 0.4) is 0 Å². The number of rotatable bonds is 0. The van der Waals surface area contributed by atoms with Gasteiger partial charge in [0.15, 0.2) is 5.78 Å². The van der Waals surface area contributed by atoms with E-state index < -0.39 is 16.2 Å². The van der Waals surface area contributed by atoms with Gasteiger partial charge in [-0.1, -0.05) is 59.3 Å². The molecule has 1 aliphatic heterocycles. The molecule has 0 spiro atoms. The van der Waals surface area contributed by atoms with Gasteiger partial charge in [0.05, 0.1) is 6.57 Å². The van der Waals surface area contributed by atoms with Crippen molar-refractivity contribution >= 4 is 11.7 Å². The summed E-state index contributed by atoms with van der Waals surface area (Å²) in [5, 5.41) is 0. The molecule has 1 atom stereocenters. The zero-order valence-electron chi connectivity index (χ0n) is 14.3. The Labute approximate surface area is 132 Å². The van der Waals surface area contributed by atoms with E-state index in [1.54, 1.807) is 6.08 Å². The molecule has 0 radical (unpaired) electrons. The van der Waals surface area contributed by atoms with Crippen molar-refractivity contribution < 1.29 is 9.59 Å². The number of nitrogens with zero attached hydrogens (tertiary/aromatic N) is 2. The summed E-state index contributed by atoms with van der Waals surface area (Å²) in [6.45, 7) is 19.8. The third-order valence-electron chi connectivity index (χ3n) is 4.63. The molecule has 1 amide bonds. The molecule has 1 heterocycles. The Morgan fingerprint density at radius 1 is 1.32 bits per heavy atom. The molecule has 0 N–H and O–H groups in total. The minimum Gasteiger partial charge on any atom is -0.337 e. The third kappa shape index (κ3) is 2.39. The Hall–Kier alpha value is -1.89. The number of hydrogen-bond acceptors (Lipinski definition) is 2. The van der Waals surface area contributed by atoms with Gasteiger partial charge in [-0.25, -0.2) is 4.85 Å². The lowest BCUT2D eigenvalue weighted by molar-refractivity contribution is -0.140. The number of carbonyl (C=O) groups excluding carboxylic acids is 2. The van der Waals surface area contributed by atoms with Crippen molar-refractivity contribution in [3.63, 3.8) is 0 Å². The van der Waals surface area contributed by atoms with Gasteiger partial charge in [0.1, 0.15) is 0 Å². The highest BCUT2D eigenvalue weighted by atomic mass is 16.2. The van der Waals surface area contributed by atoms with Crippen molar-refractivity contribution in [1.29, 1.82) is 0 Å². The van der Waals surface area contributed by atoms with Gasteiger partial charge in [-0.05, 0) is 0 Å². The third-order valence-corrected chi connectivity index (χ3v) is 4.63. The molecular weight excluding hydrogens is 276 g/mol. The first-order chi connectivity index (χ1) is 9.93. The maximum absolute atomic E-state index is 12.6. The molecule has 0 aromatic rings. The fraction of sp³-hybridized carbons (Fsp3) is 0.611. The quantitative estimate of drug-likeness (QED) is 0.509. The van der Waals surface area contributed by atoms with Crippen LogP contribution in [0.25, 0.3) is 4.85 Å². The lowest BCUT2D eigenvalue weighted by atomic mass is 9.61. The summed E-state index contributed by atoms with van der Waals surface area (Å²) in [5.74, 6) is -0.0293. The summed E-state index contributed by atoms with van der Waals surface area (Å²) in [5.41, 5.74) is -0.352. The van der Waals surface area contributed by atoms with Crippen molar-refractivity contribution in [2.75, 3.05) is 13.1 Å². The van der Waals surface area contributed by atoms with Gasteiger partial charge in [0, 0.05) is 29.3 Å². The molecule has 2 aliphatic rings. The molecule has 4 nitrogen and oxygen atoms in total. The molecule has 4 heteroatoms. The summed E-state index contributed by atoms with van der Waals surface area (Å²) in [7, 11) is 0. The second-order valence-corrected chi connectivity index (χ2v) is 8.07. The van der Waals surface area contributed by atoms with Crippen molar-refractivity contribution in [3.05, 3.63) is 34.8 Å². The lowest BCUT2D eigenvalue weighted by Gasteiger charge is -2.48. The van der Waals surface area contributed by atoms with Gasteiger partial charge in [0.2, 0.25) is 11.6 Å². The van der Waals surface area contributed by atoms with E-state index in [1.807, 2.05) is 52.5 Å². The SMILES string of the molecule is [C-]#[N+]C1=C[C@]2(C)CN(C(=O)C(C)(C)C)CC=C2C(C)(C)C1=O. The molecule has 1 aliphatic carbocycles. The number of carbonyl (C=O) groups is 2. The monoisotopic (exact) mass is 300 g/mol. The maximum Gasteiger partial charge on any atom is 0.228 e. The minimum atomic E-state index is -0.680. The molecular formula is C18H24N2O2. The van der Waals surface area contributed by atoms with E-state index in [2.05, 4.69) is 4.85 Å². The highest BCUT2D eigenvalue weighted by Gasteiger charge is 2.49. The molecule has 0 fully saturated rings. The zero-order valence-corrected chi connectivity index (χ0v) is 14.3. The van der Waals surface area contributed by atoms with Crippen molar-refractivity contribution in [2.45, 2.75) is 41.5 Å². The number of hydrogen-bond donors (Lipinski definition) is 0. The second kappa shape index (κ2) is 4.81. The van der Waals surface area contributed by atoms with E-state index in [-0.39, 0.29) is 17.4 Å². The molecule has 118 valence electrons. The van der Waals surface area contributed by atoms with Crippen LogP contribution < -0.4 is 0 Å². The molecule has 0 saturated carbocycles. The van der Waals surface area contributed by atoms with E-state index in [4.69, 9.17) is 6.57 Å². The lowest BCUT2D eigenvalue weighted by Crippen LogP contribution is -2.52. The molecule has 0 aromatic heterocycles. The van der Waals surface area contributed by atoms with Crippen LogP contribution in [0.1, 0.15) is 41.5 Å². The summed E-state index contributed by atoms with van der Waals surface area (Å²) < 4.78 is 0. The molecule has 0 aromatic carbocycles. The van der Waals surface area contributed by atoms with Crippen LogP contribution in [0.5, 0.6) is 0 Å². The summed E-state index contributed by atoms with van der Waals surface area (Å²) >= 11 is 0. The first-order valence-electron chi connectivity index (χ1n) is 7.59. The number of ketones is 1. The number of Topliss-reactive ketones (excluding diaryl/α,β-unsaturated/α-hetero) is 1. The van der Waals surface area contributed by atoms with Crippen LogP contribution in [0.2, 0.25) is 0 Å². The summed E-state index contributed by atoms with van der Waals surface area (Å²) in [6, 6.07) is 0. The van der Waals surface area contributed by atoms with Crippen LogP contribution in [0.4, 0.5) is 0 Å². The normalized spacial score (nSPS) is 27.5. The van der Waals surface area contributed by atoms with Crippen LogP contribution in [0, 0.1) is 22.8 Å². The van der Waals surface area contributed by atoms with Gasteiger partial charge in [-0.15, -0.1) is 0 Å². The Morgan fingerprint density at radius 3 is 2.41 bits per heavy atom. The van der Waals surface area contributed by atoms with Crippen molar-refractivity contribution in [2.24, 2.45) is 16.2 Å². The topological polar surface area (TPSA) is 41.7 Å². The zero-order chi connectivity index (χ0) is 16.9. The standard InChI is InChI=1S/C18H24N2O2/c1-16(2,3)15(22)20-9-8-13-17(4,5)14(21)12(19-7)10-18(13,6)11-20/h8,10H,9,11H2,1-6H3/t18-/m1/s1. The van der Waals surface area contributed by atoms with Crippen LogP contribution >= 0.6 is 0 Å².